The fourth-order valence-corrected chi connectivity index (χ4v) is 4.99. The predicted octanol–water partition coefficient (Wildman–Crippen LogP) is 5.03. The number of thioether (sulfide) groups is 1. The Labute approximate surface area is 202 Å². The van der Waals surface area contributed by atoms with Gasteiger partial charge in [-0.1, -0.05) is 74.2 Å². The van der Waals surface area contributed by atoms with Gasteiger partial charge in [0.1, 0.15) is 15.8 Å². The quantitative estimate of drug-likeness (QED) is 0.396. The van der Waals surface area contributed by atoms with E-state index in [1.807, 2.05) is 70.2 Å². The van der Waals surface area contributed by atoms with Gasteiger partial charge in [-0.2, -0.15) is 0 Å². The molecule has 0 aliphatic carbocycles. The molecule has 0 spiro atoms. The number of rotatable bonds is 6. The third-order valence-electron chi connectivity index (χ3n) is 5.43. The molecule has 1 atom stereocenters. The summed E-state index contributed by atoms with van der Waals surface area (Å²) >= 11 is 6.66. The number of anilines is 1. The minimum Gasteiger partial charge on any atom is -0.363 e. The first kappa shape index (κ1) is 23.2. The lowest BCUT2D eigenvalue weighted by Gasteiger charge is -2.18. The van der Waals surface area contributed by atoms with Crippen molar-refractivity contribution in [1.82, 2.24) is 14.3 Å². The van der Waals surface area contributed by atoms with E-state index in [0.717, 1.165) is 11.1 Å². The van der Waals surface area contributed by atoms with Gasteiger partial charge in [0.2, 0.25) is 0 Å². The topological polar surface area (TPSA) is 66.7 Å². The molecule has 170 valence electrons. The minimum absolute atomic E-state index is 0.0906. The SMILES string of the molecule is Cc1cccn2c(=O)c(/C=C3\SC(=S)N(CC(C)C)C3=O)c(N[C@@H](C)c3ccccc3)nc12. The Morgan fingerprint density at radius 1 is 1.12 bits per heavy atom. The molecule has 1 N–H and O–H groups in total. The second-order valence-corrected chi connectivity index (χ2v) is 10.2. The van der Waals surface area contributed by atoms with Gasteiger partial charge in [-0.25, -0.2) is 4.98 Å². The molecule has 33 heavy (non-hydrogen) atoms. The van der Waals surface area contributed by atoms with Crippen LogP contribution in [-0.2, 0) is 4.79 Å². The van der Waals surface area contributed by atoms with Crippen molar-refractivity contribution in [1.29, 1.82) is 0 Å². The van der Waals surface area contributed by atoms with Crippen LogP contribution in [0.4, 0.5) is 5.82 Å². The Hall–Kier alpha value is -2.97. The van der Waals surface area contributed by atoms with E-state index in [2.05, 4.69) is 5.32 Å². The fourth-order valence-electron chi connectivity index (χ4n) is 3.74. The fraction of sp³-hybridized carbons (Fsp3) is 0.280. The van der Waals surface area contributed by atoms with Crippen LogP contribution < -0.4 is 10.9 Å². The Morgan fingerprint density at radius 3 is 2.55 bits per heavy atom. The van der Waals surface area contributed by atoms with Crippen molar-refractivity contribution in [2.24, 2.45) is 5.92 Å². The second kappa shape index (κ2) is 9.49. The molecule has 1 aliphatic heterocycles. The lowest BCUT2D eigenvalue weighted by Crippen LogP contribution is -2.31. The maximum absolute atomic E-state index is 13.5. The van der Waals surface area contributed by atoms with Gasteiger partial charge in [0.05, 0.1) is 10.5 Å². The number of aromatic nitrogens is 2. The van der Waals surface area contributed by atoms with E-state index in [0.29, 0.717) is 32.8 Å². The summed E-state index contributed by atoms with van der Waals surface area (Å²) in [5.41, 5.74) is 2.64. The molecule has 0 saturated carbocycles. The number of carbonyl (C=O) groups is 1. The summed E-state index contributed by atoms with van der Waals surface area (Å²) in [4.78, 5) is 33.4. The van der Waals surface area contributed by atoms with Gasteiger partial charge < -0.3 is 5.32 Å². The van der Waals surface area contributed by atoms with Crippen molar-refractivity contribution >= 4 is 51.7 Å². The van der Waals surface area contributed by atoms with E-state index in [-0.39, 0.29) is 23.4 Å². The Morgan fingerprint density at radius 2 is 1.85 bits per heavy atom. The summed E-state index contributed by atoms with van der Waals surface area (Å²) in [6.07, 6.45) is 3.33. The van der Waals surface area contributed by atoms with Crippen LogP contribution >= 0.6 is 24.0 Å². The smallest absolute Gasteiger partial charge is 0.267 e. The van der Waals surface area contributed by atoms with Crippen LogP contribution in [0.1, 0.15) is 43.5 Å². The molecule has 1 aromatic carbocycles. The predicted molar refractivity (Wildman–Crippen MR) is 139 cm³/mol. The van der Waals surface area contributed by atoms with E-state index in [1.54, 1.807) is 17.2 Å². The lowest BCUT2D eigenvalue weighted by atomic mass is 10.1. The molecule has 1 aliphatic rings. The van der Waals surface area contributed by atoms with Gasteiger partial charge in [-0.05, 0) is 43.0 Å². The number of benzene rings is 1. The van der Waals surface area contributed by atoms with E-state index in [4.69, 9.17) is 17.2 Å². The van der Waals surface area contributed by atoms with Crippen molar-refractivity contribution in [2.45, 2.75) is 33.7 Å². The van der Waals surface area contributed by atoms with E-state index in [1.165, 1.54) is 16.2 Å². The van der Waals surface area contributed by atoms with E-state index < -0.39 is 0 Å². The van der Waals surface area contributed by atoms with Crippen LogP contribution in [0.5, 0.6) is 0 Å². The first-order valence-electron chi connectivity index (χ1n) is 10.8. The van der Waals surface area contributed by atoms with Gasteiger partial charge >= 0.3 is 0 Å². The van der Waals surface area contributed by atoms with Crippen LogP contribution in [0.25, 0.3) is 11.7 Å². The van der Waals surface area contributed by atoms with Crippen molar-refractivity contribution in [3.63, 3.8) is 0 Å². The molecule has 0 radical (unpaired) electrons. The number of aryl methyl sites for hydroxylation is 1. The molecule has 4 rings (SSSR count). The second-order valence-electron chi connectivity index (χ2n) is 8.53. The molecular weight excluding hydrogens is 452 g/mol. The molecule has 1 amide bonds. The molecule has 3 aromatic rings. The number of hydrogen-bond acceptors (Lipinski definition) is 6. The molecule has 1 saturated heterocycles. The molecule has 2 aromatic heterocycles. The highest BCUT2D eigenvalue weighted by Crippen LogP contribution is 2.34. The van der Waals surface area contributed by atoms with Crippen molar-refractivity contribution in [3.05, 3.63) is 80.6 Å². The van der Waals surface area contributed by atoms with Gasteiger partial charge in [-0.3, -0.25) is 18.9 Å². The zero-order chi connectivity index (χ0) is 23.7. The van der Waals surface area contributed by atoms with Crippen molar-refractivity contribution in [3.8, 4) is 0 Å². The van der Waals surface area contributed by atoms with Gasteiger partial charge in [0.15, 0.2) is 0 Å². The molecule has 1 fully saturated rings. The summed E-state index contributed by atoms with van der Waals surface area (Å²) in [5.74, 6) is 0.556. The summed E-state index contributed by atoms with van der Waals surface area (Å²) in [6, 6.07) is 13.6. The number of fused-ring (bicyclic) bond motifs is 1. The number of pyridine rings is 1. The molecule has 0 bridgehead atoms. The number of nitrogens with zero attached hydrogens (tertiary/aromatic N) is 3. The van der Waals surface area contributed by atoms with Crippen LogP contribution in [0.15, 0.2) is 58.4 Å². The molecule has 0 unspecified atom stereocenters. The first-order valence-corrected chi connectivity index (χ1v) is 12.1. The standard InChI is InChI=1S/C25H26N4O2S2/c1-15(2)14-29-24(31)20(33-25(29)32)13-19-21(26-17(4)18-10-6-5-7-11-18)27-22-16(3)9-8-12-28(22)23(19)30/h5-13,15,17,26H,14H2,1-4H3/b20-13-/t17-/m0/s1. The highest BCUT2D eigenvalue weighted by Gasteiger charge is 2.33. The van der Waals surface area contributed by atoms with Crippen LogP contribution in [-0.4, -0.2) is 31.1 Å². The Bertz CT molecular complexity index is 1320. The van der Waals surface area contributed by atoms with Crippen molar-refractivity contribution < 1.29 is 4.79 Å². The molecular formula is C25H26N4O2S2. The zero-order valence-electron chi connectivity index (χ0n) is 19.0. The number of carbonyl (C=O) groups excluding carboxylic acids is 1. The number of thiocarbonyl (C=S) groups is 1. The summed E-state index contributed by atoms with van der Waals surface area (Å²) in [6.45, 7) is 8.56. The van der Waals surface area contributed by atoms with Crippen molar-refractivity contribution in [2.75, 3.05) is 11.9 Å². The number of hydrogen-bond donors (Lipinski definition) is 1. The minimum atomic E-state index is -0.236. The molecule has 8 heteroatoms. The third-order valence-corrected chi connectivity index (χ3v) is 6.81. The van der Waals surface area contributed by atoms with Crippen LogP contribution in [0.2, 0.25) is 0 Å². The maximum atomic E-state index is 13.5. The normalized spacial score (nSPS) is 16.3. The van der Waals surface area contributed by atoms with Gasteiger partial charge in [0, 0.05) is 18.8 Å². The zero-order valence-corrected chi connectivity index (χ0v) is 20.7. The Balaban J connectivity index is 1.83. The number of amides is 1. The summed E-state index contributed by atoms with van der Waals surface area (Å²) < 4.78 is 2.03. The monoisotopic (exact) mass is 478 g/mol. The average Bonchev–Trinajstić information content (AvgIpc) is 3.04. The number of nitrogens with one attached hydrogen (secondary N) is 1. The van der Waals surface area contributed by atoms with Gasteiger partial charge in [-0.15, -0.1) is 0 Å². The third kappa shape index (κ3) is 4.72. The van der Waals surface area contributed by atoms with Crippen LogP contribution in [0.3, 0.4) is 0 Å². The lowest BCUT2D eigenvalue weighted by molar-refractivity contribution is -0.122. The van der Waals surface area contributed by atoms with Gasteiger partial charge in [0.25, 0.3) is 11.5 Å². The summed E-state index contributed by atoms with van der Waals surface area (Å²) in [7, 11) is 0. The molecule has 3 heterocycles. The average molecular weight is 479 g/mol. The highest BCUT2D eigenvalue weighted by atomic mass is 32.2. The van der Waals surface area contributed by atoms with E-state index >= 15 is 0 Å². The highest BCUT2D eigenvalue weighted by molar-refractivity contribution is 8.26. The first-order chi connectivity index (χ1) is 15.8. The maximum Gasteiger partial charge on any atom is 0.267 e. The largest absolute Gasteiger partial charge is 0.363 e. The Kier molecular flexibility index (Phi) is 6.67. The summed E-state index contributed by atoms with van der Waals surface area (Å²) in [5, 5.41) is 3.39. The van der Waals surface area contributed by atoms with Crippen LogP contribution in [0, 0.1) is 12.8 Å². The molecule has 6 nitrogen and oxygen atoms in total. The van der Waals surface area contributed by atoms with E-state index in [9.17, 15) is 9.59 Å².